The Bertz CT molecular complexity index is 151. The Hall–Kier alpha value is -0.610. The summed E-state index contributed by atoms with van der Waals surface area (Å²) in [5.74, 6) is -0.0189. The molecular weight excluding hydrogens is 180 g/mol. The Morgan fingerprint density at radius 2 is 2.14 bits per heavy atom. The Labute approximate surface area is 86.4 Å². The van der Waals surface area contributed by atoms with Gasteiger partial charge in [-0.15, -0.1) is 0 Å². The summed E-state index contributed by atoms with van der Waals surface area (Å²) >= 11 is 0. The monoisotopic (exact) mass is 202 g/mol. The molecule has 0 fully saturated rings. The van der Waals surface area contributed by atoms with Crippen molar-refractivity contribution < 1.29 is 9.53 Å². The van der Waals surface area contributed by atoms with Crippen LogP contribution < -0.4 is 10.6 Å². The maximum absolute atomic E-state index is 11.4. The molecule has 0 aliphatic heterocycles. The van der Waals surface area contributed by atoms with Gasteiger partial charge in [0.25, 0.3) is 0 Å². The van der Waals surface area contributed by atoms with Crippen LogP contribution >= 0.6 is 0 Å². The van der Waals surface area contributed by atoms with Crippen molar-refractivity contribution in [3.63, 3.8) is 0 Å². The van der Waals surface area contributed by atoms with Gasteiger partial charge < -0.3 is 15.4 Å². The van der Waals surface area contributed by atoms with Crippen molar-refractivity contribution in [2.45, 2.75) is 32.8 Å². The van der Waals surface area contributed by atoms with Gasteiger partial charge in [0, 0.05) is 13.1 Å². The number of ether oxygens (including phenoxy) is 1. The number of amides is 1. The third-order valence-corrected chi connectivity index (χ3v) is 1.92. The van der Waals surface area contributed by atoms with Crippen LogP contribution in [0.1, 0.15) is 26.7 Å². The van der Waals surface area contributed by atoms with E-state index in [-0.39, 0.29) is 12.0 Å². The SMILES string of the molecule is CCCCNC(=O)C(C)OCCNC. The Morgan fingerprint density at radius 3 is 2.71 bits per heavy atom. The van der Waals surface area contributed by atoms with Gasteiger partial charge in [-0.25, -0.2) is 0 Å². The lowest BCUT2D eigenvalue weighted by Crippen LogP contribution is -2.36. The largest absolute Gasteiger partial charge is 0.367 e. The predicted octanol–water partition coefficient (Wildman–Crippen LogP) is 0.527. The predicted molar refractivity (Wildman–Crippen MR) is 57.3 cm³/mol. The Balaban J connectivity index is 3.44. The highest BCUT2D eigenvalue weighted by atomic mass is 16.5. The van der Waals surface area contributed by atoms with Gasteiger partial charge in [-0.05, 0) is 20.4 Å². The van der Waals surface area contributed by atoms with Crippen LogP contribution in [0.25, 0.3) is 0 Å². The quantitative estimate of drug-likeness (QED) is 0.564. The van der Waals surface area contributed by atoms with Crippen molar-refractivity contribution in [3.8, 4) is 0 Å². The van der Waals surface area contributed by atoms with Crippen molar-refractivity contribution in [2.75, 3.05) is 26.7 Å². The second-order valence-corrected chi connectivity index (χ2v) is 3.26. The van der Waals surface area contributed by atoms with E-state index in [0.717, 1.165) is 25.9 Å². The van der Waals surface area contributed by atoms with Gasteiger partial charge >= 0.3 is 0 Å². The maximum atomic E-state index is 11.4. The molecular formula is C10H22N2O2. The third-order valence-electron chi connectivity index (χ3n) is 1.92. The molecule has 0 heterocycles. The fourth-order valence-electron chi connectivity index (χ4n) is 0.946. The lowest BCUT2D eigenvalue weighted by atomic mass is 10.3. The minimum atomic E-state index is -0.347. The molecule has 1 unspecified atom stereocenters. The van der Waals surface area contributed by atoms with Gasteiger partial charge in [-0.3, -0.25) is 4.79 Å². The lowest BCUT2D eigenvalue weighted by Gasteiger charge is -2.12. The minimum Gasteiger partial charge on any atom is -0.367 e. The number of carbonyl (C=O) groups is 1. The van der Waals surface area contributed by atoms with E-state index in [9.17, 15) is 4.79 Å². The molecule has 4 nitrogen and oxygen atoms in total. The van der Waals surface area contributed by atoms with Crippen LogP contribution in [0.4, 0.5) is 0 Å². The summed E-state index contributed by atoms with van der Waals surface area (Å²) < 4.78 is 5.30. The molecule has 0 aromatic rings. The molecule has 1 atom stereocenters. The van der Waals surface area contributed by atoms with Crippen LogP contribution in [0.3, 0.4) is 0 Å². The van der Waals surface area contributed by atoms with Gasteiger partial charge in [0.2, 0.25) is 5.91 Å². The summed E-state index contributed by atoms with van der Waals surface area (Å²) in [6.45, 7) is 5.95. The molecule has 14 heavy (non-hydrogen) atoms. The van der Waals surface area contributed by atoms with E-state index < -0.39 is 0 Å². The summed E-state index contributed by atoms with van der Waals surface area (Å²) in [5, 5.41) is 5.78. The fraction of sp³-hybridized carbons (Fsp3) is 0.900. The summed E-state index contributed by atoms with van der Waals surface area (Å²) in [6, 6.07) is 0. The molecule has 2 N–H and O–H groups in total. The van der Waals surface area contributed by atoms with Crippen molar-refractivity contribution in [2.24, 2.45) is 0 Å². The minimum absolute atomic E-state index is 0.0189. The van der Waals surface area contributed by atoms with Gasteiger partial charge in [0.1, 0.15) is 6.10 Å². The highest BCUT2D eigenvalue weighted by molar-refractivity contribution is 5.80. The fourth-order valence-corrected chi connectivity index (χ4v) is 0.946. The summed E-state index contributed by atoms with van der Waals surface area (Å²) in [5.41, 5.74) is 0. The number of unbranched alkanes of at least 4 members (excludes halogenated alkanes) is 1. The average molecular weight is 202 g/mol. The smallest absolute Gasteiger partial charge is 0.248 e. The first-order valence-electron chi connectivity index (χ1n) is 5.26. The number of nitrogens with one attached hydrogen (secondary N) is 2. The van der Waals surface area contributed by atoms with Crippen LogP contribution in [0.5, 0.6) is 0 Å². The van der Waals surface area contributed by atoms with E-state index in [2.05, 4.69) is 17.6 Å². The average Bonchev–Trinajstić information content (AvgIpc) is 2.18. The van der Waals surface area contributed by atoms with Crippen molar-refractivity contribution in [1.29, 1.82) is 0 Å². The molecule has 0 spiro atoms. The standard InChI is InChI=1S/C10H22N2O2/c1-4-5-6-12-10(13)9(2)14-8-7-11-3/h9,11H,4-8H2,1-3H3,(H,12,13). The second-order valence-electron chi connectivity index (χ2n) is 3.26. The van der Waals surface area contributed by atoms with Crippen LogP contribution in [-0.2, 0) is 9.53 Å². The molecule has 0 rings (SSSR count). The van der Waals surface area contributed by atoms with E-state index in [0.29, 0.717) is 6.61 Å². The van der Waals surface area contributed by atoms with Gasteiger partial charge in [-0.2, -0.15) is 0 Å². The van der Waals surface area contributed by atoms with E-state index in [1.807, 2.05) is 7.05 Å². The number of carbonyl (C=O) groups excluding carboxylic acids is 1. The van der Waals surface area contributed by atoms with Gasteiger partial charge in [-0.1, -0.05) is 13.3 Å². The Morgan fingerprint density at radius 1 is 1.43 bits per heavy atom. The highest BCUT2D eigenvalue weighted by Gasteiger charge is 2.11. The summed E-state index contributed by atoms with van der Waals surface area (Å²) in [4.78, 5) is 11.4. The zero-order chi connectivity index (χ0) is 10.8. The van der Waals surface area contributed by atoms with Crippen molar-refractivity contribution in [1.82, 2.24) is 10.6 Å². The third kappa shape index (κ3) is 6.86. The molecule has 0 aromatic carbocycles. The van der Waals surface area contributed by atoms with Gasteiger partial charge in [0.15, 0.2) is 0 Å². The van der Waals surface area contributed by atoms with Crippen molar-refractivity contribution >= 4 is 5.91 Å². The van der Waals surface area contributed by atoms with Crippen LogP contribution in [0.2, 0.25) is 0 Å². The van der Waals surface area contributed by atoms with E-state index in [1.54, 1.807) is 6.92 Å². The molecule has 4 heteroatoms. The maximum Gasteiger partial charge on any atom is 0.248 e. The van der Waals surface area contributed by atoms with E-state index in [1.165, 1.54) is 0 Å². The van der Waals surface area contributed by atoms with E-state index >= 15 is 0 Å². The zero-order valence-electron chi connectivity index (χ0n) is 9.43. The number of hydrogen-bond donors (Lipinski definition) is 2. The molecule has 84 valence electrons. The van der Waals surface area contributed by atoms with Crippen LogP contribution in [0.15, 0.2) is 0 Å². The lowest BCUT2D eigenvalue weighted by molar-refractivity contribution is -0.131. The molecule has 0 aliphatic carbocycles. The molecule has 0 aliphatic rings. The van der Waals surface area contributed by atoms with Crippen LogP contribution in [0, 0.1) is 0 Å². The number of likely N-dealkylation sites (N-methyl/N-ethyl adjacent to an activating group) is 1. The molecule has 0 aromatic heterocycles. The summed E-state index contributed by atoms with van der Waals surface area (Å²) in [6.07, 6.45) is 1.77. The Kier molecular flexibility index (Phi) is 8.57. The molecule has 0 radical (unpaired) electrons. The molecule has 0 saturated heterocycles. The van der Waals surface area contributed by atoms with E-state index in [4.69, 9.17) is 4.74 Å². The highest BCUT2D eigenvalue weighted by Crippen LogP contribution is 1.91. The first kappa shape index (κ1) is 13.4. The zero-order valence-corrected chi connectivity index (χ0v) is 9.43. The summed E-state index contributed by atoms with van der Waals surface area (Å²) in [7, 11) is 1.86. The topological polar surface area (TPSA) is 50.4 Å². The molecule has 0 saturated carbocycles. The normalized spacial score (nSPS) is 12.5. The first-order valence-corrected chi connectivity index (χ1v) is 5.26. The second kappa shape index (κ2) is 8.97. The number of hydrogen-bond acceptors (Lipinski definition) is 3. The van der Waals surface area contributed by atoms with Crippen molar-refractivity contribution in [3.05, 3.63) is 0 Å². The molecule has 1 amide bonds. The van der Waals surface area contributed by atoms with Gasteiger partial charge in [0.05, 0.1) is 6.61 Å². The first-order chi connectivity index (χ1) is 6.72. The number of rotatable bonds is 8. The molecule has 0 bridgehead atoms. The van der Waals surface area contributed by atoms with Crippen LogP contribution in [-0.4, -0.2) is 38.8 Å².